The molecule has 0 saturated carbocycles. The van der Waals surface area contributed by atoms with Gasteiger partial charge in [0.25, 0.3) is 0 Å². The Morgan fingerprint density at radius 2 is 1.48 bits per heavy atom. The van der Waals surface area contributed by atoms with Gasteiger partial charge in [-0.2, -0.15) is 13.2 Å². The molecule has 1 aromatic heterocycles. The highest BCUT2D eigenvalue weighted by Crippen LogP contribution is 2.35. The molecule has 27 heavy (non-hydrogen) atoms. The lowest BCUT2D eigenvalue weighted by atomic mass is 10.0. The quantitative estimate of drug-likeness (QED) is 0.525. The number of rotatable bonds is 5. The van der Waals surface area contributed by atoms with Gasteiger partial charge in [-0.3, -0.25) is 0 Å². The van der Waals surface area contributed by atoms with Crippen molar-refractivity contribution in [2.24, 2.45) is 0 Å². The van der Waals surface area contributed by atoms with Gasteiger partial charge in [-0.15, -0.1) is 0 Å². The Balaban J connectivity index is 1.71. The Hall–Kier alpha value is -3.02. The molecule has 0 bridgehead atoms. The van der Waals surface area contributed by atoms with Crippen molar-refractivity contribution in [3.63, 3.8) is 0 Å². The number of anilines is 2. The monoisotopic (exact) mass is 372 g/mol. The van der Waals surface area contributed by atoms with E-state index < -0.39 is 12.1 Å². The number of nitrogens with zero attached hydrogens (tertiary/aromatic N) is 2. The molecule has 140 valence electrons. The Kier molecular flexibility index (Phi) is 5.35. The van der Waals surface area contributed by atoms with Gasteiger partial charge in [0.1, 0.15) is 5.75 Å². The zero-order chi connectivity index (χ0) is 19.4. The number of pyridine rings is 1. The Morgan fingerprint density at radius 3 is 2.00 bits per heavy atom. The molecular weight excluding hydrogens is 353 g/mol. The van der Waals surface area contributed by atoms with Gasteiger partial charge >= 0.3 is 6.18 Å². The summed E-state index contributed by atoms with van der Waals surface area (Å²) in [4.78, 5) is 6.00. The van der Waals surface area contributed by atoms with Gasteiger partial charge in [-0.1, -0.05) is 18.2 Å². The maximum Gasteiger partial charge on any atom is 0.395 e. The second-order valence-corrected chi connectivity index (χ2v) is 6.18. The molecule has 0 radical (unpaired) electrons. The molecular formula is C21H19F3N2O. The van der Waals surface area contributed by atoms with Crippen molar-refractivity contribution in [1.82, 2.24) is 4.98 Å². The van der Waals surface area contributed by atoms with Crippen LogP contribution in [0.4, 0.5) is 24.5 Å². The fourth-order valence-corrected chi connectivity index (χ4v) is 2.59. The average Bonchev–Trinajstić information content (AvgIpc) is 2.68. The van der Waals surface area contributed by atoms with Crippen molar-refractivity contribution >= 4 is 11.4 Å². The Labute approximate surface area is 156 Å². The smallest absolute Gasteiger partial charge is 0.395 e. The molecule has 0 aliphatic heterocycles. The van der Waals surface area contributed by atoms with Crippen LogP contribution in [0.25, 0.3) is 0 Å². The number of benzene rings is 2. The first-order valence-electron chi connectivity index (χ1n) is 8.44. The van der Waals surface area contributed by atoms with Crippen LogP contribution in [0.3, 0.4) is 0 Å². The number of halogens is 3. The topological polar surface area (TPSA) is 25.4 Å². The van der Waals surface area contributed by atoms with Crippen molar-refractivity contribution in [1.29, 1.82) is 0 Å². The number of aromatic nitrogens is 1. The van der Waals surface area contributed by atoms with E-state index in [1.807, 2.05) is 48.3 Å². The summed E-state index contributed by atoms with van der Waals surface area (Å²) >= 11 is 0. The van der Waals surface area contributed by atoms with E-state index in [1.54, 1.807) is 24.4 Å². The maximum absolute atomic E-state index is 12.8. The number of ether oxygens (including phenoxy) is 1. The molecule has 0 aliphatic rings. The van der Waals surface area contributed by atoms with Crippen LogP contribution in [-0.4, -0.2) is 18.2 Å². The lowest BCUT2D eigenvalue weighted by Crippen LogP contribution is -2.17. The normalized spacial score (nSPS) is 12.5. The van der Waals surface area contributed by atoms with E-state index in [1.165, 1.54) is 19.1 Å². The predicted octanol–water partition coefficient (Wildman–Crippen LogP) is 6.31. The summed E-state index contributed by atoms with van der Waals surface area (Å²) in [7, 11) is 1.86. The molecule has 2 aromatic carbocycles. The van der Waals surface area contributed by atoms with E-state index in [4.69, 9.17) is 4.74 Å². The molecule has 6 heteroatoms. The molecule has 1 atom stereocenters. The standard InChI is InChI=1S/C21H19F3N2O/c1-15(21(22,23)24)16-6-8-17(9-7-16)26(2)18-10-12-19(13-11-18)27-20-5-3-4-14-25-20/h3-15H,1-2H3. The van der Waals surface area contributed by atoms with Crippen molar-refractivity contribution in [3.05, 3.63) is 78.5 Å². The van der Waals surface area contributed by atoms with Gasteiger partial charge in [0.2, 0.25) is 5.88 Å². The summed E-state index contributed by atoms with van der Waals surface area (Å²) in [5.41, 5.74) is 1.94. The zero-order valence-electron chi connectivity index (χ0n) is 14.9. The molecule has 0 spiro atoms. The van der Waals surface area contributed by atoms with Crippen LogP contribution in [0, 0.1) is 0 Å². The largest absolute Gasteiger partial charge is 0.439 e. The SMILES string of the molecule is CC(c1ccc(N(C)c2ccc(Oc3ccccn3)cc2)cc1)C(F)(F)F. The third-order valence-corrected chi connectivity index (χ3v) is 4.36. The van der Waals surface area contributed by atoms with Crippen LogP contribution in [0.1, 0.15) is 18.4 Å². The first-order chi connectivity index (χ1) is 12.8. The van der Waals surface area contributed by atoms with Crippen molar-refractivity contribution < 1.29 is 17.9 Å². The summed E-state index contributed by atoms with van der Waals surface area (Å²) in [6, 6.07) is 19.2. The van der Waals surface area contributed by atoms with E-state index in [-0.39, 0.29) is 5.56 Å². The highest BCUT2D eigenvalue weighted by Gasteiger charge is 2.36. The van der Waals surface area contributed by atoms with E-state index in [9.17, 15) is 13.2 Å². The zero-order valence-corrected chi connectivity index (χ0v) is 14.9. The molecule has 3 aromatic rings. The van der Waals surface area contributed by atoms with Crippen LogP contribution < -0.4 is 9.64 Å². The predicted molar refractivity (Wildman–Crippen MR) is 99.7 cm³/mol. The molecule has 3 rings (SSSR count). The Bertz CT molecular complexity index is 863. The summed E-state index contributed by atoms with van der Waals surface area (Å²) in [5, 5.41) is 0. The van der Waals surface area contributed by atoms with E-state index in [0.717, 1.165) is 11.4 Å². The van der Waals surface area contributed by atoms with Gasteiger partial charge in [0, 0.05) is 30.7 Å². The van der Waals surface area contributed by atoms with E-state index >= 15 is 0 Å². The minimum absolute atomic E-state index is 0.249. The summed E-state index contributed by atoms with van der Waals surface area (Å²) in [5.74, 6) is -0.326. The fraction of sp³-hybridized carbons (Fsp3) is 0.190. The molecule has 0 saturated heterocycles. The molecule has 1 heterocycles. The number of alkyl halides is 3. The van der Waals surface area contributed by atoms with Crippen molar-refractivity contribution in [3.8, 4) is 11.6 Å². The first-order valence-corrected chi connectivity index (χ1v) is 8.44. The van der Waals surface area contributed by atoms with Gasteiger partial charge in [0.05, 0.1) is 5.92 Å². The van der Waals surface area contributed by atoms with E-state index in [2.05, 4.69) is 4.98 Å². The second-order valence-electron chi connectivity index (χ2n) is 6.18. The van der Waals surface area contributed by atoms with Gasteiger partial charge in [0.15, 0.2) is 0 Å². The third-order valence-electron chi connectivity index (χ3n) is 4.36. The molecule has 0 N–H and O–H groups in total. The molecule has 3 nitrogen and oxygen atoms in total. The molecule has 0 amide bonds. The van der Waals surface area contributed by atoms with Crippen molar-refractivity contribution in [2.75, 3.05) is 11.9 Å². The number of hydrogen-bond donors (Lipinski definition) is 0. The third kappa shape index (κ3) is 4.58. The fourth-order valence-electron chi connectivity index (χ4n) is 2.59. The second kappa shape index (κ2) is 7.70. The highest BCUT2D eigenvalue weighted by molar-refractivity contribution is 5.63. The summed E-state index contributed by atoms with van der Waals surface area (Å²) in [6.07, 6.45) is -2.59. The van der Waals surface area contributed by atoms with Gasteiger partial charge in [-0.25, -0.2) is 4.98 Å². The summed E-state index contributed by atoms with van der Waals surface area (Å²) in [6.45, 7) is 1.17. The van der Waals surface area contributed by atoms with Crippen LogP contribution in [0.15, 0.2) is 72.9 Å². The highest BCUT2D eigenvalue weighted by atomic mass is 19.4. The van der Waals surface area contributed by atoms with Crippen LogP contribution in [0.2, 0.25) is 0 Å². The maximum atomic E-state index is 12.8. The average molecular weight is 372 g/mol. The minimum Gasteiger partial charge on any atom is -0.439 e. The Morgan fingerprint density at radius 1 is 0.889 bits per heavy atom. The van der Waals surface area contributed by atoms with Gasteiger partial charge in [-0.05, 0) is 55.0 Å². The lowest BCUT2D eigenvalue weighted by molar-refractivity contribution is -0.146. The van der Waals surface area contributed by atoms with Crippen LogP contribution >= 0.6 is 0 Å². The molecule has 0 fully saturated rings. The minimum atomic E-state index is -4.24. The van der Waals surface area contributed by atoms with E-state index in [0.29, 0.717) is 11.6 Å². The number of hydrogen-bond acceptors (Lipinski definition) is 3. The van der Waals surface area contributed by atoms with Crippen molar-refractivity contribution in [2.45, 2.75) is 19.0 Å². The lowest BCUT2D eigenvalue weighted by Gasteiger charge is -2.21. The first kappa shape index (κ1) is 18.8. The van der Waals surface area contributed by atoms with Crippen LogP contribution in [0.5, 0.6) is 11.6 Å². The van der Waals surface area contributed by atoms with Gasteiger partial charge < -0.3 is 9.64 Å². The molecule has 1 unspecified atom stereocenters. The molecule has 0 aliphatic carbocycles. The van der Waals surface area contributed by atoms with Crippen LogP contribution in [-0.2, 0) is 0 Å². The summed E-state index contributed by atoms with van der Waals surface area (Å²) < 4.78 is 44.1.